The topological polar surface area (TPSA) is 57.6 Å². The van der Waals surface area contributed by atoms with E-state index in [1.165, 1.54) is 18.0 Å². The van der Waals surface area contributed by atoms with E-state index in [4.69, 9.17) is 11.5 Å². The van der Waals surface area contributed by atoms with Crippen LogP contribution in [0.2, 0.25) is 0 Å². The van der Waals surface area contributed by atoms with Crippen molar-refractivity contribution in [2.24, 2.45) is 0 Å². The van der Waals surface area contributed by atoms with Crippen molar-refractivity contribution < 1.29 is 14.7 Å². The molecule has 1 aromatic carbocycles. The molecule has 1 rings (SSSR count). The number of carboxylic acid groups (broad SMARTS) is 1. The molecule has 0 aromatic heterocycles. The van der Waals surface area contributed by atoms with E-state index in [0.29, 0.717) is 5.69 Å². The first-order valence-electron chi connectivity index (χ1n) is 4.60. The molecular formula is C12H11NO3. The molecular weight excluding hydrogens is 206 g/mol. The van der Waals surface area contributed by atoms with Crippen molar-refractivity contribution in [2.75, 3.05) is 11.9 Å². The summed E-state index contributed by atoms with van der Waals surface area (Å²) in [6, 6.07) is 6.28. The average Bonchev–Trinajstić information content (AvgIpc) is 2.28. The van der Waals surface area contributed by atoms with E-state index in [2.05, 4.69) is 5.92 Å². The highest BCUT2D eigenvalue weighted by Gasteiger charge is 2.16. The molecule has 1 aromatic rings. The third-order valence-corrected chi connectivity index (χ3v) is 2.12. The number of hydrogen-bond acceptors (Lipinski definition) is 2. The third-order valence-electron chi connectivity index (χ3n) is 2.12. The van der Waals surface area contributed by atoms with Crippen LogP contribution in [-0.4, -0.2) is 24.0 Å². The van der Waals surface area contributed by atoms with Crippen molar-refractivity contribution in [3.8, 4) is 12.3 Å². The van der Waals surface area contributed by atoms with Gasteiger partial charge in [-0.1, -0.05) is 18.1 Å². The highest BCUT2D eigenvalue weighted by molar-refractivity contribution is 6.02. The fourth-order valence-electron chi connectivity index (χ4n) is 1.29. The van der Waals surface area contributed by atoms with Gasteiger partial charge in [-0.2, -0.15) is 0 Å². The van der Waals surface area contributed by atoms with Crippen LogP contribution >= 0.6 is 0 Å². The number of hydrogen-bond donors (Lipinski definition) is 1. The van der Waals surface area contributed by atoms with Gasteiger partial charge in [0.1, 0.15) is 0 Å². The number of para-hydroxylation sites is 1. The Morgan fingerprint density at radius 3 is 2.62 bits per heavy atom. The normalized spacial score (nSPS) is 9.25. The maximum absolute atomic E-state index is 11.5. The Kier molecular flexibility index (Phi) is 3.67. The standard InChI is InChI=1S/C12H11NO3/c1-3-6-11(14)13(2)10-8-5-4-7-9(10)12(15)16/h1,4-5,7-8H,6H2,2H3,(H,15,16). The number of terminal acetylenes is 1. The second-order valence-electron chi connectivity index (χ2n) is 3.16. The molecule has 0 aliphatic heterocycles. The predicted molar refractivity (Wildman–Crippen MR) is 60.3 cm³/mol. The first-order valence-corrected chi connectivity index (χ1v) is 4.60. The second kappa shape index (κ2) is 4.99. The summed E-state index contributed by atoms with van der Waals surface area (Å²) >= 11 is 0. The molecule has 0 unspecified atom stereocenters. The number of nitrogens with zero attached hydrogens (tertiary/aromatic N) is 1. The van der Waals surface area contributed by atoms with Crippen molar-refractivity contribution in [3.63, 3.8) is 0 Å². The van der Waals surface area contributed by atoms with Crippen LogP contribution in [0, 0.1) is 12.3 Å². The highest BCUT2D eigenvalue weighted by atomic mass is 16.4. The first kappa shape index (κ1) is 11.8. The number of benzene rings is 1. The monoisotopic (exact) mass is 217 g/mol. The van der Waals surface area contributed by atoms with Gasteiger partial charge in [-0.25, -0.2) is 4.79 Å². The Bertz CT molecular complexity index is 460. The summed E-state index contributed by atoms with van der Waals surface area (Å²) in [5.74, 6) is 0.846. The summed E-state index contributed by atoms with van der Waals surface area (Å²) in [6.45, 7) is 0. The van der Waals surface area contributed by atoms with Crippen molar-refractivity contribution in [2.45, 2.75) is 6.42 Å². The van der Waals surface area contributed by atoms with Gasteiger partial charge in [-0.3, -0.25) is 4.79 Å². The quantitative estimate of drug-likeness (QED) is 0.778. The van der Waals surface area contributed by atoms with Gasteiger partial charge < -0.3 is 10.0 Å². The van der Waals surface area contributed by atoms with Crippen LogP contribution in [-0.2, 0) is 4.79 Å². The number of carbonyl (C=O) groups excluding carboxylic acids is 1. The lowest BCUT2D eigenvalue weighted by atomic mass is 10.1. The third kappa shape index (κ3) is 2.39. The van der Waals surface area contributed by atoms with Gasteiger partial charge in [-0.15, -0.1) is 6.42 Å². The van der Waals surface area contributed by atoms with E-state index >= 15 is 0 Å². The number of amides is 1. The lowest BCUT2D eigenvalue weighted by Crippen LogP contribution is -2.27. The Labute approximate surface area is 93.5 Å². The van der Waals surface area contributed by atoms with Crippen LogP contribution < -0.4 is 4.90 Å². The molecule has 0 heterocycles. The number of anilines is 1. The van der Waals surface area contributed by atoms with Crippen LogP contribution in [0.1, 0.15) is 16.8 Å². The minimum absolute atomic E-state index is 0.0511. The smallest absolute Gasteiger partial charge is 0.337 e. The molecule has 0 radical (unpaired) electrons. The molecule has 0 aliphatic rings. The van der Waals surface area contributed by atoms with E-state index < -0.39 is 5.97 Å². The molecule has 1 amide bonds. The molecule has 0 atom stereocenters. The fourth-order valence-corrected chi connectivity index (χ4v) is 1.29. The highest BCUT2D eigenvalue weighted by Crippen LogP contribution is 2.19. The lowest BCUT2D eigenvalue weighted by Gasteiger charge is -2.18. The average molecular weight is 217 g/mol. The van der Waals surface area contributed by atoms with Crippen molar-refractivity contribution >= 4 is 17.6 Å². The number of carboxylic acids is 1. The summed E-state index contributed by atoms with van der Waals surface area (Å²) < 4.78 is 0. The Hall–Kier alpha value is -2.28. The van der Waals surface area contributed by atoms with Crippen LogP contribution in [0.15, 0.2) is 24.3 Å². The zero-order valence-corrected chi connectivity index (χ0v) is 8.80. The lowest BCUT2D eigenvalue weighted by molar-refractivity contribution is -0.117. The summed E-state index contributed by atoms with van der Waals surface area (Å²) in [5.41, 5.74) is 0.422. The molecule has 4 heteroatoms. The van der Waals surface area contributed by atoms with Gasteiger partial charge >= 0.3 is 5.97 Å². The summed E-state index contributed by atoms with van der Waals surface area (Å²) in [5, 5.41) is 8.95. The van der Waals surface area contributed by atoms with Gasteiger partial charge in [0.2, 0.25) is 5.91 Å². The van der Waals surface area contributed by atoms with Gasteiger partial charge in [-0.05, 0) is 12.1 Å². The minimum atomic E-state index is -1.07. The number of carbonyl (C=O) groups is 2. The predicted octanol–water partition coefficient (Wildman–Crippen LogP) is 1.37. The summed E-state index contributed by atoms with van der Waals surface area (Å²) in [4.78, 5) is 23.7. The molecule has 16 heavy (non-hydrogen) atoms. The maximum Gasteiger partial charge on any atom is 0.337 e. The zero-order chi connectivity index (χ0) is 12.1. The van der Waals surface area contributed by atoms with Crippen LogP contribution in [0.3, 0.4) is 0 Å². The van der Waals surface area contributed by atoms with Gasteiger partial charge in [0.05, 0.1) is 17.7 Å². The SMILES string of the molecule is C#CCC(=O)N(C)c1ccccc1C(=O)O. The van der Waals surface area contributed by atoms with Crippen molar-refractivity contribution in [1.29, 1.82) is 0 Å². The number of aromatic carboxylic acids is 1. The molecule has 82 valence electrons. The largest absolute Gasteiger partial charge is 0.478 e. The number of rotatable bonds is 3. The van der Waals surface area contributed by atoms with E-state index in [1.807, 2.05) is 0 Å². The molecule has 4 nitrogen and oxygen atoms in total. The summed E-state index contributed by atoms with van der Waals surface area (Å²) in [6.07, 6.45) is 4.98. The molecule has 0 aliphatic carbocycles. The van der Waals surface area contributed by atoms with Crippen molar-refractivity contribution in [1.82, 2.24) is 0 Å². The van der Waals surface area contributed by atoms with Crippen LogP contribution in [0.25, 0.3) is 0 Å². The van der Waals surface area contributed by atoms with Gasteiger partial charge in [0, 0.05) is 7.05 Å². The maximum atomic E-state index is 11.5. The first-order chi connectivity index (χ1) is 7.57. The molecule has 0 spiro atoms. The molecule has 1 N–H and O–H groups in total. The van der Waals surface area contributed by atoms with Crippen LogP contribution in [0.5, 0.6) is 0 Å². The fraction of sp³-hybridized carbons (Fsp3) is 0.167. The molecule has 0 saturated heterocycles. The minimum Gasteiger partial charge on any atom is -0.478 e. The zero-order valence-electron chi connectivity index (χ0n) is 8.80. The van der Waals surface area contributed by atoms with E-state index in [-0.39, 0.29) is 17.9 Å². The Morgan fingerprint density at radius 2 is 2.06 bits per heavy atom. The van der Waals surface area contributed by atoms with Crippen LogP contribution in [0.4, 0.5) is 5.69 Å². The molecule has 0 bridgehead atoms. The second-order valence-corrected chi connectivity index (χ2v) is 3.16. The Balaban J connectivity index is 3.09. The summed E-state index contributed by atoms with van der Waals surface area (Å²) in [7, 11) is 1.50. The van der Waals surface area contributed by atoms with Crippen molar-refractivity contribution in [3.05, 3.63) is 29.8 Å². The van der Waals surface area contributed by atoms with E-state index in [9.17, 15) is 9.59 Å². The van der Waals surface area contributed by atoms with E-state index in [1.54, 1.807) is 18.2 Å². The van der Waals surface area contributed by atoms with Gasteiger partial charge in [0.25, 0.3) is 0 Å². The van der Waals surface area contributed by atoms with E-state index in [0.717, 1.165) is 0 Å². The van der Waals surface area contributed by atoms with Gasteiger partial charge in [0.15, 0.2) is 0 Å². The Morgan fingerprint density at radius 1 is 1.44 bits per heavy atom. The molecule has 0 fully saturated rings. The molecule has 0 saturated carbocycles.